The van der Waals surface area contributed by atoms with Gasteiger partial charge >= 0.3 is 0 Å². The fourth-order valence-electron chi connectivity index (χ4n) is 2.50. The first-order valence-corrected chi connectivity index (χ1v) is 8.21. The molecule has 1 rings (SSSR count). The van der Waals surface area contributed by atoms with Crippen molar-refractivity contribution >= 4 is 0 Å². The number of rotatable bonds is 11. The standard InChI is InChI=1S/C18H32N2/c1-16(2)9-5-3-4-8-13-20-14-12-17-10-6-7-11-18(17)15-19/h6-7,10-11,16,20H,3-5,8-9,12-15,19H2,1-2H3. The lowest BCUT2D eigenvalue weighted by molar-refractivity contribution is 0.512. The summed E-state index contributed by atoms with van der Waals surface area (Å²) < 4.78 is 0. The normalized spacial score (nSPS) is 11.2. The van der Waals surface area contributed by atoms with Crippen LogP contribution in [0.2, 0.25) is 0 Å². The topological polar surface area (TPSA) is 38.0 Å². The van der Waals surface area contributed by atoms with E-state index in [9.17, 15) is 0 Å². The van der Waals surface area contributed by atoms with Crippen molar-refractivity contribution in [2.45, 2.75) is 58.9 Å². The molecule has 0 aliphatic rings. The summed E-state index contributed by atoms with van der Waals surface area (Å²) in [7, 11) is 0. The molecule has 0 radical (unpaired) electrons. The van der Waals surface area contributed by atoms with Gasteiger partial charge in [0.15, 0.2) is 0 Å². The maximum absolute atomic E-state index is 5.75. The van der Waals surface area contributed by atoms with Crippen LogP contribution in [-0.4, -0.2) is 13.1 Å². The van der Waals surface area contributed by atoms with Crippen molar-refractivity contribution in [3.05, 3.63) is 35.4 Å². The van der Waals surface area contributed by atoms with Crippen LogP contribution in [0.4, 0.5) is 0 Å². The molecular formula is C18H32N2. The third-order valence-corrected chi connectivity index (χ3v) is 3.79. The van der Waals surface area contributed by atoms with Crippen molar-refractivity contribution in [2.75, 3.05) is 13.1 Å². The Kier molecular flexibility index (Phi) is 9.35. The molecule has 114 valence electrons. The summed E-state index contributed by atoms with van der Waals surface area (Å²) in [5.74, 6) is 0.857. The molecule has 0 atom stereocenters. The second kappa shape index (κ2) is 10.9. The van der Waals surface area contributed by atoms with E-state index in [4.69, 9.17) is 5.73 Å². The molecule has 0 aliphatic carbocycles. The van der Waals surface area contributed by atoms with Gasteiger partial charge in [-0.25, -0.2) is 0 Å². The van der Waals surface area contributed by atoms with Gasteiger partial charge < -0.3 is 11.1 Å². The first-order valence-electron chi connectivity index (χ1n) is 8.21. The highest BCUT2D eigenvalue weighted by Crippen LogP contribution is 2.09. The van der Waals surface area contributed by atoms with Gasteiger partial charge in [-0.2, -0.15) is 0 Å². The predicted molar refractivity (Wildman–Crippen MR) is 88.8 cm³/mol. The van der Waals surface area contributed by atoms with Crippen LogP contribution in [0.15, 0.2) is 24.3 Å². The Hall–Kier alpha value is -0.860. The molecule has 3 N–H and O–H groups in total. The van der Waals surface area contributed by atoms with E-state index in [1.54, 1.807) is 0 Å². The van der Waals surface area contributed by atoms with Crippen molar-refractivity contribution in [1.29, 1.82) is 0 Å². The Morgan fingerprint density at radius 2 is 1.65 bits per heavy atom. The highest BCUT2D eigenvalue weighted by atomic mass is 14.8. The highest BCUT2D eigenvalue weighted by molar-refractivity contribution is 5.27. The predicted octanol–water partition coefficient (Wildman–Crippen LogP) is 3.88. The van der Waals surface area contributed by atoms with Crippen LogP contribution < -0.4 is 11.1 Å². The summed E-state index contributed by atoms with van der Waals surface area (Å²) in [5.41, 5.74) is 8.42. The Labute approximate surface area is 125 Å². The smallest absolute Gasteiger partial charge is 0.0180 e. The fourth-order valence-corrected chi connectivity index (χ4v) is 2.50. The molecule has 20 heavy (non-hydrogen) atoms. The second-order valence-electron chi connectivity index (χ2n) is 6.07. The highest BCUT2D eigenvalue weighted by Gasteiger charge is 1.99. The lowest BCUT2D eigenvalue weighted by Gasteiger charge is -2.09. The Bertz CT molecular complexity index is 347. The van der Waals surface area contributed by atoms with E-state index in [0.29, 0.717) is 6.54 Å². The monoisotopic (exact) mass is 276 g/mol. The summed E-state index contributed by atoms with van der Waals surface area (Å²) in [4.78, 5) is 0. The van der Waals surface area contributed by atoms with Crippen molar-refractivity contribution in [1.82, 2.24) is 5.32 Å². The first-order chi connectivity index (χ1) is 9.74. The molecule has 0 unspecified atom stereocenters. The molecule has 0 bridgehead atoms. The average Bonchev–Trinajstić information content (AvgIpc) is 2.45. The first kappa shape index (κ1) is 17.2. The molecule has 0 fully saturated rings. The van der Waals surface area contributed by atoms with Crippen LogP contribution >= 0.6 is 0 Å². The molecular weight excluding hydrogens is 244 g/mol. The van der Waals surface area contributed by atoms with Gasteiger partial charge in [-0.05, 0) is 43.0 Å². The molecule has 0 heterocycles. The zero-order chi connectivity index (χ0) is 14.6. The van der Waals surface area contributed by atoms with Crippen molar-refractivity contribution < 1.29 is 0 Å². The van der Waals surface area contributed by atoms with Crippen molar-refractivity contribution in [2.24, 2.45) is 11.7 Å². The average molecular weight is 276 g/mol. The maximum atomic E-state index is 5.75. The third kappa shape index (κ3) is 7.66. The number of hydrogen-bond acceptors (Lipinski definition) is 2. The quantitative estimate of drug-likeness (QED) is 0.602. The van der Waals surface area contributed by atoms with Gasteiger partial charge in [0.1, 0.15) is 0 Å². The Morgan fingerprint density at radius 3 is 2.35 bits per heavy atom. The molecule has 2 nitrogen and oxygen atoms in total. The largest absolute Gasteiger partial charge is 0.326 e. The molecule has 0 amide bonds. The number of hydrogen-bond donors (Lipinski definition) is 2. The molecule has 1 aromatic carbocycles. The van der Waals surface area contributed by atoms with E-state index in [1.807, 2.05) is 0 Å². The summed E-state index contributed by atoms with van der Waals surface area (Å²) in [6, 6.07) is 8.49. The molecule has 2 heteroatoms. The van der Waals surface area contributed by atoms with Gasteiger partial charge in [0.2, 0.25) is 0 Å². The Balaban J connectivity index is 1.99. The molecule has 0 saturated heterocycles. The minimum Gasteiger partial charge on any atom is -0.326 e. The third-order valence-electron chi connectivity index (χ3n) is 3.79. The van der Waals surface area contributed by atoms with Gasteiger partial charge in [0, 0.05) is 6.54 Å². The fraction of sp³-hybridized carbons (Fsp3) is 0.667. The summed E-state index contributed by atoms with van der Waals surface area (Å²) in [5, 5.41) is 3.54. The minimum absolute atomic E-state index is 0.645. The van der Waals surface area contributed by atoms with Crippen LogP contribution in [0.5, 0.6) is 0 Å². The number of benzene rings is 1. The van der Waals surface area contributed by atoms with Gasteiger partial charge in [0.05, 0.1) is 0 Å². The summed E-state index contributed by atoms with van der Waals surface area (Å²) in [6.07, 6.45) is 7.90. The number of unbranched alkanes of at least 4 members (excludes halogenated alkanes) is 3. The van der Waals surface area contributed by atoms with E-state index < -0.39 is 0 Å². The van der Waals surface area contributed by atoms with Gasteiger partial charge in [-0.3, -0.25) is 0 Å². The summed E-state index contributed by atoms with van der Waals surface area (Å²) >= 11 is 0. The van der Waals surface area contributed by atoms with Crippen molar-refractivity contribution in [3.8, 4) is 0 Å². The minimum atomic E-state index is 0.645. The molecule has 0 spiro atoms. The van der Waals surface area contributed by atoms with Gasteiger partial charge in [-0.1, -0.05) is 63.8 Å². The summed E-state index contributed by atoms with van der Waals surface area (Å²) in [6.45, 7) is 7.46. The molecule has 1 aromatic rings. The van der Waals surface area contributed by atoms with E-state index in [0.717, 1.165) is 25.4 Å². The van der Waals surface area contributed by atoms with Crippen LogP contribution in [0.1, 0.15) is 57.1 Å². The lowest BCUT2D eigenvalue weighted by atomic mass is 10.0. The van der Waals surface area contributed by atoms with Crippen LogP contribution in [0, 0.1) is 5.92 Å². The van der Waals surface area contributed by atoms with E-state index in [-0.39, 0.29) is 0 Å². The second-order valence-corrected chi connectivity index (χ2v) is 6.07. The van der Waals surface area contributed by atoms with Crippen LogP contribution in [-0.2, 0) is 13.0 Å². The maximum Gasteiger partial charge on any atom is 0.0180 e. The molecule has 0 aromatic heterocycles. The van der Waals surface area contributed by atoms with Gasteiger partial charge in [-0.15, -0.1) is 0 Å². The number of nitrogens with one attached hydrogen (secondary N) is 1. The molecule has 0 saturated carbocycles. The SMILES string of the molecule is CC(C)CCCCCCNCCc1ccccc1CN. The lowest BCUT2D eigenvalue weighted by Crippen LogP contribution is -2.19. The van der Waals surface area contributed by atoms with E-state index in [1.165, 1.54) is 43.2 Å². The van der Waals surface area contributed by atoms with Gasteiger partial charge in [0.25, 0.3) is 0 Å². The zero-order valence-corrected chi connectivity index (χ0v) is 13.3. The molecule has 0 aliphatic heterocycles. The van der Waals surface area contributed by atoms with E-state index >= 15 is 0 Å². The zero-order valence-electron chi connectivity index (χ0n) is 13.3. The van der Waals surface area contributed by atoms with Crippen LogP contribution in [0.3, 0.4) is 0 Å². The van der Waals surface area contributed by atoms with Crippen molar-refractivity contribution in [3.63, 3.8) is 0 Å². The number of nitrogens with two attached hydrogens (primary N) is 1. The van der Waals surface area contributed by atoms with E-state index in [2.05, 4.69) is 43.4 Å². The van der Waals surface area contributed by atoms with Crippen LogP contribution in [0.25, 0.3) is 0 Å². The Morgan fingerprint density at radius 1 is 0.950 bits per heavy atom.